The Hall–Kier alpha value is -3.83. The van der Waals surface area contributed by atoms with E-state index in [2.05, 4.69) is 39.3 Å². The smallest absolute Gasteiger partial charge is 0.256 e. The van der Waals surface area contributed by atoms with Crippen molar-refractivity contribution < 1.29 is 14.3 Å². The standard InChI is InChI=1S/C19H25N9O3/c1-6-14(29)21-12-10-27(8-11(12)2)19-23-16(17-20-7-15(30-4)28(17)25-19)22-13-9-26(3)24-18(13)31-5/h6-7,9,11-12H,1,8,10H2,2-5H3,(H,21,29)(H,22,23,25). The molecule has 0 aromatic carbocycles. The molecule has 0 saturated carbocycles. The summed E-state index contributed by atoms with van der Waals surface area (Å²) in [5, 5.41) is 15.1. The fraction of sp³-hybridized carbons (Fsp3) is 0.421. The van der Waals surface area contributed by atoms with Gasteiger partial charge in [0, 0.05) is 20.1 Å². The molecule has 4 rings (SSSR count). The zero-order chi connectivity index (χ0) is 22.1. The normalized spacial score (nSPS) is 18.3. The molecule has 3 aromatic heterocycles. The summed E-state index contributed by atoms with van der Waals surface area (Å²) in [6, 6.07) is -0.0377. The average Bonchev–Trinajstić information content (AvgIpc) is 3.44. The van der Waals surface area contributed by atoms with Gasteiger partial charge in [-0.2, -0.15) is 9.50 Å². The summed E-state index contributed by atoms with van der Waals surface area (Å²) in [4.78, 5) is 22.9. The summed E-state index contributed by atoms with van der Waals surface area (Å²) in [6.07, 6.45) is 4.65. The van der Waals surface area contributed by atoms with Crippen LogP contribution >= 0.6 is 0 Å². The fourth-order valence-corrected chi connectivity index (χ4v) is 3.60. The molecule has 1 aliphatic heterocycles. The van der Waals surface area contributed by atoms with Crippen molar-refractivity contribution in [2.24, 2.45) is 13.0 Å². The van der Waals surface area contributed by atoms with Gasteiger partial charge in [-0.05, 0) is 12.0 Å². The van der Waals surface area contributed by atoms with Gasteiger partial charge in [-0.3, -0.25) is 9.48 Å². The third-order valence-electron chi connectivity index (χ3n) is 5.18. The number of aryl methyl sites for hydroxylation is 1. The molecule has 1 aliphatic rings. The quantitative estimate of drug-likeness (QED) is 0.526. The number of carbonyl (C=O) groups is 1. The molecule has 1 saturated heterocycles. The molecule has 2 atom stereocenters. The number of hydrogen-bond donors (Lipinski definition) is 2. The number of amides is 1. The van der Waals surface area contributed by atoms with Crippen LogP contribution < -0.4 is 25.0 Å². The third kappa shape index (κ3) is 3.83. The maximum atomic E-state index is 11.8. The van der Waals surface area contributed by atoms with Gasteiger partial charge in [0.2, 0.25) is 23.4 Å². The van der Waals surface area contributed by atoms with Crippen LogP contribution in [0.1, 0.15) is 6.92 Å². The van der Waals surface area contributed by atoms with Gasteiger partial charge in [0.15, 0.2) is 5.82 Å². The van der Waals surface area contributed by atoms with Gasteiger partial charge in [-0.15, -0.1) is 10.2 Å². The van der Waals surface area contributed by atoms with E-state index < -0.39 is 0 Å². The second kappa shape index (κ2) is 8.13. The molecule has 0 radical (unpaired) electrons. The molecule has 31 heavy (non-hydrogen) atoms. The molecule has 2 N–H and O–H groups in total. The van der Waals surface area contributed by atoms with E-state index in [0.717, 1.165) is 0 Å². The van der Waals surface area contributed by atoms with Crippen molar-refractivity contribution in [2.75, 3.05) is 37.5 Å². The van der Waals surface area contributed by atoms with Gasteiger partial charge in [0.1, 0.15) is 5.69 Å². The number of hydrogen-bond acceptors (Lipinski definition) is 9. The minimum atomic E-state index is -0.197. The van der Waals surface area contributed by atoms with Crippen molar-refractivity contribution in [3.05, 3.63) is 25.0 Å². The highest BCUT2D eigenvalue weighted by Crippen LogP contribution is 2.30. The summed E-state index contributed by atoms with van der Waals surface area (Å²) >= 11 is 0. The Labute approximate surface area is 178 Å². The SMILES string of the molecule is C=CC(=O)NC1CN(c2nc(Nc3cn(C)nc3OC)c3ncc(OC)n3n2)CC1C. The van der Waals surface area contributed by atoms with E-state index in [9.17, 15) is 4.79 Å². The summed E-state index contributed by atoms with van der Waals surface area (Å²) in [5.74, 6) is 1.88. The summed E-state index contributed by atoms with van der Waals surface area (Å²) in [5.41, 5.74) is 1.14. The monoisotopic (exact) mass is 427 g/mol. The number of fused-ring (bicyclic) bond motifs is 1. The molecule has 1 amide bonds. The lowest BCUT2D eigenvalue weighted by Gasteiger charge is -2.18. The van der Waals surface area contributed by atoms with Crippen molar-refractivity contribution in [3.63, 3.8) is 0 Å². The second-order valence-electron chi connectivity index (χ2n) is 7.35. The van der Waals surface area contributed by atoms with Crippen molar-refractivity contribution in [1.82, 2.24) is 34.7 Å². The number of methoxy groups -OCH3 is 2. The Morgan fingerprint density at radius 2 is 2.10 bits per heavy atom. The Bertz CT molecular complexity index is 1120. The highest BCUT2D eigenvalue weighted by molar-refractivity contribution is 5.87. The molecule has 4 heterocycles. The first-order valence-electron chi connectivity index (χ1n) is 9.75. The van der Waals surface area contributed by atoms with E-state index in [1.807, 2.05) is 4.90 Å². The number of aromatic nitrogens is 6. The first-order chi connectivity index (χ1) is 14.9. The number of nitrogens with one attached hydrogen (secondary N) is 2. The highest BCUT2D eigenvalue weighted by Gasteiger charge is 2.32. The number of rotatable bonds is 7. The number of carbonyl (C=O) groups excluding carboxylic acids is 1. The first kappa shape index (κ1) is 20.4. The Morgan fingerprint density at radius 3 is 2.81 bits per heavy atom. The summed E-state index contributed by atoms with van der Waals surface area (Å²) in [7, 11) is 4.91. The van der Waals surface area contributed by atoms with Crippen molar-refractivity contribution in [2.45, 2.75) is 13.0 Å². The van der Waals surface area contributed by atoms with Gasteiger partial charge in [-0.25, -0.2) is 4.98 Å². The molecule has 164 valence electrons. The lowest BCUT2D eigenvalue weighted by molar-refractivity contribution is -0.117. The average molecular weight is 427 g/mol. The first-order valence-corrected chi connectivity index (χ1v) is 9.75. The van der Waals surface area contributed by atoms with Crippen LogP contribution in [-0.4, -0.2) is 68.6 Å². The van der Waals surface area contributed by atoms with Crippen molar-refractivity contribution >= 4 is 29.0 Å². The Kier molecular flexibility index (Phi) is 5.36. The van der Waals surface area contributed by atoms with Gasteiger partial charge >= 0.3 is 0 Å². The minimum Gasteiger partial charge on any atom is -0.480 e. The third-order valence-corrected chi connectivity index (χ3v) is 5.18. The van der Waals surface area contributed by atoms with E-state index in [4.69, 9.17) is 14.5 Å². The van der Waals surface area contributed by atoms with Crippen LogP contribution in [-0.2, 0) is 11.8 Å². The van der Waals surface area contributed by atoms with Crippen LogP contribution in [0.3, 0.4) is 0 Å². The lowest BCUT2D eigenvalue weighted by atomic mass is 10.1. The predicted molar refractivity (Wildman–Crippen MR) is 114 cm³/mol. The minimum absolute atomic E-state index is 0.0377. The Morgan fingerprint density at radius 1 is 1.29 bits per heavy atom. The van der Waals surface area contributed by atoms with Crippen LogP contribution in [0.25, 0.3) is 5.65 Å². The largest absolute Gasteiger partial charge is 0.480 e. The topological polar surface area (TPSA) is 124 Å². The molecule has 12 heteroatoms. The summed E-state index contributed by atoms with van der Waals surface area (Å²) < 4.78 is 14.0. The van der Waals surface area contributed by atoms with Crippen molar-refractivity contribution in [3.8, 4) is 11.8 Å². The lowest BCUT2D eigenvalue weighted by Crippen LogP contribution is -2.39. The van der Waals surface area contributed by atoms with Crippen LogP contribution in [0, 0.1) is 5.92 Å². The molecule has 2 unspecified atom stereocenters. The van der Waals surface area contributed by atoms with E-state index in [0.29, 0.717) is 48.0 Å². The van der Waals surface area contributed by atoms with Crippen LogP contribution in [0.5, 0.6) is 11.8 Å². The molecule has 0 spiro atoms. The molecule has 1 fully saturated rings. The van der Waals surface area contributed by atoms with E-state index in [-0.39, 0.29) is 17.9 Å². The van der Waals surface area contributed by atoms with E-state index >= 15 is 0 Å². The van der Waals surface area contributed by atoms with Gasteiger partial charge in [0.05, 0.1) is 32.7 Å². The maximum Gasteiger partial charge on any atom is 0.256 e. The Balaban J connectivity index is 1.71. The number of anilines is 3. The van der Waals surface area contributed by atoms with Crippen molar-refractivity contribution in [1.29, 1.82) is 0 Å². The van der Waals surface area contributed by atoms with Gasteiger partial charge < -0.3 is 25.0 Å². The molecule has 12 nitrogen and oxygen atoms in total. The zero-order valence-electron chi connectivity index (χ0n) is 17.9. The molecular weight excluding hydrogens is 402 g/mol. The predicted octanol–water partition coefficient (Wildman–Crippen LogP) is 0.745. The van der Waals surface area contributed by atoms with Crippen LogP contribution in [0.4, 0.5) is 17.5 Å². The molecule has 0 aliphatic carbocycles. The van der Waals surface area contributed by atoms with Crippen LogP contribution in [0.2, 0.25) is 0 Å². The van der Waals surface area contributed by atoms with Crippen LogP contribution in [0.15, 0.2) is 25.0 Å². The number of nitrogens with zero attached hydrogens (tertiary/aromatic N) is 7. The number of ether oxygens (including phenoxy) is 2. The highest BCUT2D eigenvalue weighted by atomic mass is 16.5. The van der Waals surface area contributed by atoms with Gasteiger partial charge in [-0.1, -0.05) is 13.5 Å². The second-order valence-corrected chi connectivity index (χ2v) is 7.35. The van der Waals surface area contributed by atoms with E-state index in [1.165, 1.54) is 6.08 Å². The molecule has 3 aromatic rings. The summed E-state index contributed by atoms with van der Waals surface area (Å²) in [6.45, 7) is 6.84. The zero-order valence-corrected chi connectivity index (χ0v) is 17.9. The molecular formula is C19H25N9O3. The van der Waals surface area contributed by atoms with Gasteiger partial charge in [0.25, 0.3) is 5.88 Å². The van der Waals surface area contributed by atoms with E-state index in [1.54, 1.807) is 42.9 Å². The fourth-order valence-electron chi connectivity index (χ4n) is 3.60. The molecule has 0 bridgehead atoms. The maximum absolute atomic E-state index is 11.8. The number of imidazole rings is 1.